The van der Waals surface area contributed by atoms with Crippen LogP contribution in [0.3, 0.4) is 0 Å². The number of piperidine rings is 1. The van der Waals surface area contributed by atoms with Gasteiger partial charge in [-0.15, -0.1) is 0 Å². The van der Waals surface area contributed by atoms with Crippen molar-refractivity contribution in [2.75, 3.05) is 39.4 Å². The number of benzene rings is 1. The zero-order chi connectivity index (χ0) is 18.1. The Morgan fingerprint density at radius 1 is 1.27 bits per heavy atom. The summed E-state index contributed by atoms with van der Waals surface area (Å²) in [6.07, 6.45) is 3.20. The Morgan fingerprint density at radius 3 is 2.85 bits per heavy atom. The average molecular weight is 359 g/mol. The fourth-order valence-electron chi connectivity index (χ4n) is 4.21. The number of aryl methyl sites for hydroxylation is 1. The van der Waals surface area contributed by atoms with Crippen LogP contribution in [0.1, 0.15) is 35.3 Å². The van der Waals surface area contributed by atoms with Crippen molar-refractivity contribution in [2.45, 2.75) is 32.2 Å². The highest BCUT2D eigenvalue weighted by atomic mass is 19.1. The third-order valence-electron chi connectivity index (χ3n) is 5.72. The summed E-state index contributed by atoms with van der Waals surface area (Å²) < 4.78 is 19.5. The van der Waals surface area contributed by atoms with E-state index in [0.717, 1.165) is 69.6 Å². The molecule has 0 aliphatic carbocycles. The predicted octanol–water partition coefficient (Wildman–Crippen LogP) is 2.94. The van der Waals surface area contributed by atoms with Gasteiger partial charge in [-0.05, 0) is 37.8 Å². The number of ether oxygens (including phenoxy) is 1. The molecule has 0 spiro atoms. The van der Waals surface area contributed by atoms with E-state index in [0.29, 0.717) is 11.2 Å². The van der Waals surface area contributed by atoms with Gasteiger partial charge >= 0.3 is 0 Å². The first kappa shape index (κ1) is 17.5. The molecule has 2 fully saturated rings. The molecule has 26 heavy (non-hydrogen) atoms. The number of aromatic nitrogens is 1. The van der Waals surface area contributed by atoms with E-state index >= 15 is 0 Å². The zero-order valence-electron chi connectivity index (χ0n) is 15.3. The summed E-state index contributed by atoms with van der Waals surface area (Å²) in [5.74, 6) is -0.316. The predicted molar refractivity (Wildman–Crippen MR) is 98.9 cm³/mol. The highest BCUT2D eigenvalue weighted by Gasteiger charge is 2.31. The van der Waals surface area contributed by atoms with Crippen LogP contribution in [0.5, 0.6) is 0 Å². The number of halogens is 1. The number of nitrogens with zero attached hydrogens (tertiary/aromatic N) is 2. The number of aromatic amines is 1. The molecule has 1 amide bonds. The molecular formula is C20H26FN3O2. The van der Waals surface area contributed by atoms with Crippen LogP contribution >= 0.6 is 0 Å². The topological polar surface area (TPSA) is 48.6 Å². The number of rotatable bonds is 3. The van der Waals surface area contributed by atoms with Gasteiger partial charge in [0.15, 0.2) is 0 Å². The fourth-order valence-corrected chi connectivity index (χ4v) is 4.21. The number of para-hydroxylation sites is 1. The molecule has 1 aromatic heterocycles. The fraction of sp³-hybridized carbons (Fsp3) is 0.550. The van der Waals surface area contributed by atoms with Gasteiger partial charge in [0, 0.05) is 37.6 Å². The van der Waals surface area contributed by atoms with Crippen LogP contribution in [0, 0.1) is 12.7 Å². The van der Waals surface area contributed by atoms with Crippen LogP contribution in [-0.2, 0) is 4.74 Å². The molecule has 5 nitrogen and oxygen atoms in total. The lowest BCUT2D eigenvalue weighted by molar-refractivity contribution is 0.0164. The summed E-state index contributed by atoms with van der Waals surface area (Å²) in [7, 11) is 0. The van der Waals surface area contributed by atoms with Gasteiger partial charge in [0.05, 0.1) is 18.7 Å². The van der Waals surface area contributed by atoms with Gasteiger partial charge in [-0.1, -0.05) is 12.1 Å². The quantitative estimate of drug-likeness (QED) is 0.917. The maximum Gasteiger partial charge on any atom is 0.270 e. The smallest absolute Gasteiger partial charge is 0.270 e. The Balaban J connectivity index is 1.59. The summed E-state index contributed by atoms with van der Waals surface area (Å²) in [5.41, 5.74) is 1.79. The van der Waals surface area contributed by atoms with Crippen LogP contribution in [0.25, 0.3) is 10.9 Å². The number of carbonyl (C=O) groups excluding carboxylic acids is 1. The number of morpholine rings is 1. The van der Waals surface area contributed by atoms with Gasteiger partial charge < -0.3 is 14.6 Å². The van der Waals surface area contributed by atoms with E-state index in [1.165, 1.54) is 6.07 Å². The first-order chi connectivity index (χ1) is 12.6. The van der Waals surface area contributed by atoms with Crippen molar-refractivity contribution < 1.29 is 13.9 Å². The van der Waals surface area contributed by atoms with Crippen molar-refractivity contribution in [3.05, 3.63) is 35.3 Å². The molecule has 3 heterocycles. The molecule has 4 rings (SSSR count). The van der Waals surface area contributed by atoms with Gasteiger partial charge in [-0.25, -0.2) is 4.39 Å². The molecule has 2 aromatic rings. The summed E-state index contributed by atoms with van der Waals surface area (Å²) in [4.78, 5) is 20.7. The third kappa shape index (κ3) is 3.23. The molecule has 2 saturated heterocycles. The summed E-state index contributed by atoms with van der Waals surface area (Å²) in [6, 6.07) is 5.19. The Hall–Kier alpha value is -1.92. The molecular weight excluding hydrogens is 333 g/mol. The Bertz CT molecular complexity index is 798. The van der Waals surface area contributed by atoms with Crippen LogP contribution in [-0.4, -0.2) is 66.1 Å². The minimum atomic E-state index is -0.312. The first-order valence-electron chi connectivity index (χ1n) is 9.53. The highest BCUT2D eigenvalue weighted by molar-refractivity contribution is 6.01. The molecule has 1 aromatic carbocycles. The van der Waals surface area contributed by atoms with Gasteiger partial charge in [0.2, 0.25) is 0 Å². The molecule has 0 saturated carbocycles. The Kier molecular flexibility index (Phi) is 4.96. The highest BCUT2D eigenvalue weighted by Crippen LogP contribution is 2.27. The average Bonchev–Trinajstić information content (AvgIpc) is 3.01. The Morgan fingerprint density at radius 2 is 2.08 bits per heavy atom. The van der Waals surface area contributed by atoms with E-state index in [1.54, 1.807) is 6.07 Å². The van der Waals surface area contributed by atoms with Crippen LogP contribution in [0.15, 0.2) is 18.2 Å². The van der Waals surface area contributed by atoms with Crippen molar-refractivity contribution in [3.63, 3.8) is 0 Å². The number of nitrogens with one attached hydrogen (secondary N) is 1. The second kappa shape index (κ2) is 7.37. The normalized spacial score (nSPS) is 22.1. The lowest BCUT2D eigenvalue weighted by atomic mass is 10.00. The summed E-state index contributed by atoms with van der Waals surface area (Å²) >= 11 is 0. The number of likely N-dealkylation sites (tertiary alicyclic amines) is 1. The lowest BCUT2D eigenvalue weighted by Crippen LogP contribution is -2.51. The van der Waals surface area contributed by atoms with Crippen LogP contribution in [0.4, 0.5) is 4.39 Å². The van der Waals surface area contributed by atoms with E-state index in [4.69, 9.17) is 4.74 Å². The van der Waals surface area contributed by atoms with Crippen molar-refractivity contribution in [2.24, 2.45) is 0 Å². The monoisotopic (exact) mass is 359 g/mol. The Labute approximate surface area is 153 Å². The van der Waals surface area contributed by atoms with Crippen LogP contribution in [0.2, 0.25) is 0 Å². The maximum absolute atomic E-state index is 14.1. The van der Waals surface area contributed by atoms with E-state index < -0.39 is 0 Å². The third-order valence-corrected chi connectivity index (χ3v) is 5.72. The van der Waals surface area contributed by atoms with Crippen LogP contribution < -0.4 is 0 Å². The molecule has 6 heteroatoms. The number of hydrogen-bond acceptors (Lipinski definition) is 3. The minimum absolute atomic E-state index is 0.00365. The van der Waals surface area contributed by atoms with E-state index in [2.05, 4.69) is 9.88 Å². The zero-order valence-corrected chi connectivity index (χ0v) is 15.3. The molecule has 0 unspecified atom stereocenters. The largest absolute Gasteiger partial charge is 0.379 e. The van der Waals surface area contributed by atoms with E-state index in [1.807, 2.05) is 17.9 Å². The molecule has 1 N–H and O–H groups in total. The molecule has 2 aliphatic heterocycles. The molecule has 140 valence electrons. The number of carbonyl (C=O) groups is 1. The lowest BCUT2D eigenvalue weighted by Gasteiger charge is -2.39. The first-order valence-corrected chi connectivity index (χ1v) is 9.53. The number of H-pyrrole nitrogens is 1. The number of amides is 1. The van der Waals surface area contributed by atoms with Gasteiger partial charge in [-0.3, -0.25) is 9.69 Å². The SMILES string of the molecule is Cc1c(C(=O)N2CCCC[C@H]2CN2CCOCC2)[nH]c2c(F)cccc12. The standard InChI is InChI=1S/C20H26FN3O2/c1-14-16-6-4-7-17(21)19(16)22-18(14)20(25)24-8-3-2-5-15(24)13-23-9-11-26-12-10-23/h4,6-7,15,22H,2-3,5,8-13H2,1H3/t15-/m0/s1. The van der Waals surface area contributed by atoms with Crippen molar-refractivity contribution in [3.8, 4) is 0 Å². The second-order valence-electron chi connectivity index (χ2n) is 7.35. The van der Waals surface area contributed by atoms with Crippen molar-refractivity contribution in [1.82, 2.24) is 14.8 Å². The van der Waals surface area contributed by atoms with Gasteiger partial charge in [0.1, 0.15) is 11.5 Å². The summed E-state index contributed by atoms with van der Waals surface area (Å²) in [6.45, 7) is 6.94. The molecule has 2 aliphatic rings. The van der Waals surface area contributed by atoms with Crippen molar-refractivity contribution >= 4 is 16.8 Å². The maximum atomic E-state index is 14.1. The van der Waals surface area contributed by atoms with E-state index in [-0.39, 0.29) is 17.8 Å². The molecule has 0 bridgehead atoms. The summed E-state index contributed by atoms with van der Waals surface area (Å²) in [5, 5.41) is 0.787. The van der Waals surface area contributed by atoms with Gasteiger partial charge in [-0.2, -0.15) is 0 Å². The molecule has 0 radical (unpaired) electrons. The van der Waals surface area contributed by atoms with Crippen molar-refractivity contribution in [1.29, 1.82) is 0 Å². The molecule has 1 atom stereocenters. The number of hydrogen-bond donors (Lipinski definition) is 1. The second-order valence-corrected chi connectivity index (χ2v) is 7.35. The van der Waals surface area contributed by atoms with E-state index in [9.17, 15) is 9.18 Å². The van der Waals surface area contributed by atoms with Gasteiger partial charge in [0.25, 0.3) is 5.91 Å². The minimum Gasteiger partial charge on any atom is -0.379 e. The number of fused-ring (bicyclic) bond motifs is 1.